The van der Waals surface area contributed by atoms with Crippen molar-refractivity contribution in [2.75, 3.05) is 10.0 Å². The fourth-order valence-electron chi connectivity index (χ4n) is 2.74. The molecule has 1 aromatic heterocycles. The fourth-order valence-corrected chi connectivity index (χ4v) is 2.74. The number of hydrogen-bond donors (Lipinski definition) is 0. The van der Waals surface area contributed by atoms with Gasteiger partial charge in [0.15, 0.2) is 0 Å². The SMILES string of the molecule is O=C1C(=Cc2ccco2)C(=O)N(c2ccccc2)N1c1ccccc1.[Na]. The summed E-state index contributed by atoms with van der Waals surface area (Å²) >= 11 is 0. The molecule has 1 aliphatic rings. The summed E-state index contributed by atoms with van der Waals surface area (Å²) in [6.45, 7) is 0. The predicted octanol–water partition coefficient (Wildman–Crippen LogP) is 3.28. The maximum absolute atomic E-state index is 13.0. The summed E-state index contributed by atoms with van der Waals surface area (Å²) in [5.41, 5.74) is 1.29. The summed E-state index contributed by atoms with van der Waals surface area (Å²) in [7, 11) is 0. The molecule has 6 heteroatoms. The Hall–Kier alpha value is -2.60. The number of anilines is 2. The van der Waals surface area contributed by atoms with Gasteiger partial charge in [-0.15, -0.1) is 0 Å². The molecule has 3 aromatic rings. The Bertz CT molecular complexity index is 878. The van der Waals surface area contributed by atoms with Gasteiger partial charge in [0.25, 0.3) is 11.8 Å². The first kappa shape index (κ1) is 18.2. The van der Waals surface area contributed by atoms with Crippen LogP contribution < -0.4 is 10.0 Å². The molecule has 5 nitrogen and oxygen atoms in total. The number of hydrazine groups is 1. The van der Waals surface area contributed by atoms with Gasteiger partial charge in [0.1, 0.15) is 11.3 Å². The van der Waals surface area contributed by atoms with Gasteiger partial charge in [-0.1, -0.05) is 36.4 Å². The molecular weight excluding hydrogens is 339 g/mol. The van der Waals surface area contributed by atoms with Crippen molar-refractivity contribution in [1.29, 1.82) is 0 Å². The van der Waals surface area contributed by atoms with Gasteiger partial charge in [-0.05, 0) is 42.5 Å². The Morgan fingerprint density at radius 1 is 0.692 bits per heavy atom. The summed E-state index contributed by atoms with van der Waals surface area (Å²) in [4.78, 5) is 26.0. The minimum Gasteiger partial charge on any atom is -0.465 e. The van der Waals surface area contributed by atoms with Crippen LogP contribution >= 0.6 is 0 Å². The normalized spacial score (nSPS) is 13.8. The van der Waals surface area contributed by atoms with Crippen LogP contribution in [0.15, 0.2) is 89.0 Å². The van der Waals surface area contributed by atoms with Crippen LogP contribution in [0.25, 0.3) is 6.08 Å². The van der Waals surface area contributed by atoms with Crippen molar-refractivity contribution in [2.24, 2.45) is 0 Å². The number of carbonyl (C=O) groups is 2. The van der Waals surface area contributed by atoms with Crippen LogP contribution in [0.3, 0.4) is 0 Å². The molecule has 1 radical (unpaired) electrons. The van der Waals surface area contributed by atoms with E-state index in [9.17, 15) is 9.59 Å². The second kappa shape index (κ2) is 7.74. The third-order valence-electron chi connectivity index (χ3n) is 3.88. The number of rotatable bonds is 3. The minimum absolute atomic E-state index is 0. The first-order chi connectivity index (χ1) is 12.3. The van der Waals surface area contributed by atoms with E-state index in [1.807, 2.05) is 36.4 Å². The quantitative estimate of drug-likeness (QED) is 0.413. The van der Waals surface area contributed by atoms with Crippen molar-refractivity contribution >= 4 is 58.8 Å². The van der Waals surface area contributed by atoms with Gasteiger partial charge in [0, 0.05) is 29.6 Å². The van der Waals surface area contributed by atoms with E-state index in [-0.39, 0.29) is 35.1 Å². The Kier molecular flexibility index (Phi) is 5.42. The van der Waals surface area contributed by atoms with Gasteiger partial charge in [-0.3, -0.25) is 9.59 Å². The average molecular weight is 353 g/mol. The third-order valence-corrected chi connectivity index (χ3v) is 3.88. The van der Waals surface area contributed by atoms with Gasteiger partial charge in [0.2, 0.25) is 0 Å². The minimum atomic E-state index is -0.392. The maximum Gasteiger partial charge on any atom is 0.283 e. The molecule has 2 aromatic carbocycles. The van der Waals surface area contributed by atoms with Crippen molar-refractivity contribution in [2.45, 2.75) is 0 Å². The van der Waals surface area contributed by atoms with Crippen LogP contribution in [0.5, 0.6) is 0 Å². The number of furan rings is 1. The fraction of sp³-hybridized carbons (Fsp3) is 0. The molecule has 0 spiro atoms. The Balaban J connectivity index is 0.00000196. The first-order valence-electron chi connectivity index (χ1n) is 7.80. The van der Waals surface area contributed by atoms with Gasteiger partial charge in [0.05, 0.1) is 17.6 Å². The number of amides is 2. The molecule has 1 aliphatic heterocycles. The molecule has 0 atom stereocenters. The zero-order valence-corrected chi connectivity index (χ0v) is 16.2. The van der Waals surface area contributed by atoms with Crippen molar-refractivity contribution in [3.05, 3.63) is 90.4 Å². The first-order valence-corrected chi connectivity index (χ1v) is 7.80. The molecule has 0 bridgehead atoms. The van der Waals surface area contributed by atoms with Crippen molar-refractivity contribution in [3.63, 3.8) is 0 Å². The van der Waals surface area contributed by atoms with Crippen LogP contribution in [0.4, 0.5) is 11.4 Å². The van der Waals surface area contributed by atoms with E-state index in [2.05, 4.69) is 0 Å². The topological polar surface area (TPSA) is 53.8 Å². The summed E-state index contributed by atoms with van der Waals surface area (Å²) < 4.78 is 5.26. The number of para-hydroxylation sites is 2. The van der Waals surface area contributed by atoms with Crippen LogP contribution in [-0.2, 0) is 9.59 Å². The van der Waals surface area contributed by atoms with E-state index < -0.39 is 11.8 Å². The Morgan fingerprint density at radius 3 is 1.62 bits per heavy atom. The molecule has 2 heterocycles. The molecule has 4 rings (SSSR count). The Morgan fingerprint density at radius 2 is 1.19 bits per heavy atom. The molecule has 0 N–H and O–H groups in total. The molecular formula is C20H14N2NaO3. The van der Waals surface area contributed by atoms with Crippen LogP contribution in [0.2, 0.25) is 0 Å². The summed E-state index contributed by atoms with van der Waals surface area (Å²) in [6, 6.07) is 21.6. The molecule has 0 unspecified atom stereocenters. The molecule has 123 valence electrons. The molecule has 0 saturated carbocycles. The van der Waals surface area contributed by atoms with E-state index in [4.69, 9.17) is 4.42 Å². The largest absolute Gasteiger partial charge is 0.465 e. The second-order valence-corrected chi connectivity index (χ2v) is 5.48. The van der Waals surface area contributed by atoms with E-state index in [0.29, 0.717) is 17.1 Å². The second-order valence-electron chi connectivity index (χ2n) is 5.48. The van der Waals surface area contributed by atoms with Crippen molar-refractivity contribution in [1.82, 2.24) is 0 Å². The molecule has 1 fully saturated rings. The Labute approximate surface area is 172 Å². The molecule has 0 aliphatic carbocycles. The monoisotopic (exact) mass is 353 g/mol. The predicted molar refractivity (Wildman–Crippen MR) is 100 cm³/mol. The van der Waals surface area contributed by atoms with Gasteiger partial charge in [-0.25, -0.2) is 10.0 Å². The molecule has 1 saturated heterocycles. The average Bonchev–Trinajstić information content (AvgIpc) is 3.25. The molecule has 26 heavy (non-hydrogen) atoms. The summed E-state index contributed by atoms with van der Waals surface area (Å²) in [5.74, 6) is -0.326. The van der Waals surface area contributed by atoms with Gasteiger partial charge < -0.3 is 4.42 Å². The molecule has 2 amide bonds. The van der Waals surface area contributed by atoms with Gasteiger partial charge >= 0.3 is 0 Å². The van der Waals surface area contributed by atoms with E-state index in [1.54, 1.807) is 36.4 Å². The van der Waals surface area contributed by atoms with Crippen LogP contribution in [0.1, 0.15) is 5.76 Å². The van der Waals surface area contributed by atoms with E-state index in [0.717, 1.165) is 0 Å². The van der Waals surface area contributed by atoms with Crippen LogP contribution in [-0.4, -0.2) is 41.4 Å². The number of benzene rings is 2. The zero-order valence-electron chi connectivity index (χ0n) is 14.2. The van der Waals surface area contributed by atoms with Crippen LogP contribution in [0, 0.1) is 0 Å². The van der Waals surface area contributed by atoms with Crippen molar-refractivity contribution < 1.29 is 14.0 Å². The van der Waals surface area contributed by atoms with E-state index in [1.165, 1.54) is 22.4 Å². The third kappa shape index (κ3) is 3.24. The maximum atomic E-state index is 13.0. The zero-order chi connectivity index (χ0) is 17.2. The van der Waals surface area contributed by atoms with E-state index >= 15 is 0 Å². The number of hydrogen-bond acceptors (Lipinski definition) is 3. The number of nitrogens with zero attached hydrogens (tertiary/aromatic N) is 2. The standard InChI is InChI=1S/C20H14N2O3.Na/c23-19-18(14-17-12-7-13-25-17)20(24)22(16-10-5-2-6-11-16)21(19)15-8-3-1-4-9-15;/h1-14H;. The summed E-state index contributed by atoms with van der Waals surface area (Å²) in [6.07, 6.45) is 2.98. The number of carbonyl (C=O) groups excluding carboxylic acids is 2. The summed E-state index contributed by atoms with van der Waals surface area (Å²) in [5, 5.41) is 2.76. The van der Waals surface area contributed by atoms with Gasteiger partial charge in [-0.2, -0.15) is 0 Å². The smallest absolute Gasteiger partial charge is 0.283 e. The van der Waals surface area contributed by atoms with Crippen molar-refractivity contribution in [3.8, 4) is 0 Å².